The van der Waals surface area contributed by atoms with E-state index in [0.29, 0.717) is 5.02 Å². The number of halogens is 2. The molecule has 3 aromatic rings. The lowest BCUT2D eigenvalue weighted by Crippen LogP contribution is -1.98. The number of anilines is 1. The Balaban J connectivity index is 2.12. The smallest absolute Gasteiger partial charge is 0.221 e. The van der Waals surface area contributed by atoms with Gasteiger partial charge in [-0.3, -0.25) is 0 Å². The topological polar surface area (TPSA) is 51.8 Å². The van der Waals surface area contributed by atoms with Gasteiger partial charge in [-0.1, -0.05) is 51.8 Å². The zero-order valence-corrected chi connectivity index (χ0v) is 13.3. The minimum absolute atomic E-state index is 0.238. The van der Waals surface area contributed by atoms with E-state index < -0.39 is 0 Å². The standard InChI is InChI=1S/C16H11BrClN3/c17-12-5-1-3-10(7-12)14-9-15(21-16(19)20-14)11-4-2-6-13(18)8-11/h1-9H,(H2,19,20,21). The second-order valence-electron chi connectivity index (χ2n) is 4.52. The monoisotopic (exact) mass is 359 g/mol. The molecule has 3 nitrogen and oxygen atoms in total. The molecule has 1 heterocycles. The molecule has 0 unspecified atom stereocenters. The molecule has 0 aliphatic carbocycles. The maximum Gasteiger partial charge on any atom is 0.221 e. The predicted molar refractivity (Wildman–Crippen MR) is 90.0 cm³/mol. The quantitative estimate of drug-likeness (QED) is 0.713. The lowest BCUT2D eigenvalue weighted by molar-refractivity contribution is 1.19. The minimum Gasteiger partial charge on any atom is -0.368 e. The maximum absolute atomic E-state index is 6.03. The van der Waals surface area contributed by atoms with Crippen LogP contribution in [0.4, 0.5) is 5.95 Å². The summed E-state index contributed by atoms with van der Waals surface area (Å²) in [5.74, 6) is 0.238. The van der Waals surface area contributed by atoms with Crippen molar-refractivity contribution in [1.29, 1.82) is 0 Å². The van der Waals surface area contributed by atoms with Crippen molar-refractivity contribution in [1.82, 2.24) is 9.97 Å². The molecule has 0 radical (unpaired) electrons. The van der Waals surface area contributed by atoms with Crippen LogP contribution in [0.15, 0.2) is 59.1 Å². The number of hydrogen-bond acceptors (Lipinski definition) is 3. The van der Waals surface area contributed by atoms with Gasteiger partial charge < -0.3 is 5.73 Å². The highest BCUT2D eigenvalue weighted by Crippen LogP contribution is 2.27. The van der Waals surface area contributed by atoms with Crippen molar-refractivity contribution in [3.05, 3.63) is 64.1 Å². The number of aromatic nitrogens is 2. The normalized spacial score (nSPS) is 10.6. The van der Waals surface area contributed by atoms with E-state index in [1.54, 1.807) is 0 Å². The van der Waals surface area contributed by atoms with Crippen molar-refractivity contribution in [2.75, 3.05) is 5.73 Å². The van der Waals surface area contributed by atoms with Crippen LogP contribution in [-0.2, 0) is 0 Å². The van der Waals surface area contributed by atoms with E-state index in [2.05, 4.69) is 25.9 Å². The number of benzene rings is 2. The van der Waals surface area contributed by atoms with Gasteiger partial charge in [0.1, 0.15) is 0 Å². The van der Waals surface area contributed by atoms with E-state index in [1.165, 1.54) is 0 Å². The lowest BCUT2D eigenvalue weighted by atomic mass is 10.1. The molecule has 0 aliphatic heterocycles. The highest BCUT2D eigenvalue weighted by atomic mass is 79.9. The fourth-order valence-corrected chi connectivity index (χ4v) is 2.65. The number of rotatable bonds is 2. The first-order valence-electron chi connectivity index (χ1n) is 6.28. The van der Waals surface area contributed by atoms with Crippen LogP contribution < -0.4 is 5.73 Å². The number of hydrogen-bond donors (Lipinski definition) is 1. The van der Waals surface area contributed by atoms with Crippen LogP contribution in [0.25, 0.3) is 22.5 Å². The molecule has 0 fully saturated rings. The zero-order chi connectivity index (χ0) is 14.8. The molecule has 2 N–H and O–H groups in total. The van der Waals surface area contributed by atoms with Crippen molar-refractivity contribution in [2.24, 2.45) is 0 Å². The van der Waals surface area contributed by atoms with Crippen LogP contribution in [0.5, 0.6) is 0 Å². The van der Waals surface area contributed by atoms with E-state index in [1.807, 2.05) is 54.6 Å². The predicted octanol–water partition coefficient (Wildman–Crippen LogP) is 4.81. The van der Waals surface area contributed by atoms with Crippen LogP contribution in [0.1, 0.15) is 0 Å². The molecular formula is C16H11BrClN3. The molecular weight excluding hydrogens is 350 g/mol. The van der Waals surface area contributed by atoms with E-state index in [-0.39, 0.29) is 5.95 Å². The first-order valence-corrected chi connectivity index (χ1v) is 7.45. The Labute approximate surface area is 135 Å². The molecule has 0 saturated heterocycles. The molecule has 0 amide bonds. The molecule has 3 rings (SSSR count). The summed E-state index contributed by atoms with van der Waals surface area (Å²) in [6, 6.07) is 17.3. The van der Waals surface area contributed by atoms with E-state index in [9.17, 15) is 0 Å². The molecule has 21 heavy (non-hydrogen) atoms. The number of nitrogens with two attached hydrogens (primary N) is 1. The zero-order valence-electron chi connectivity index (χ0n) is 10.9. The Morgan fingerprint density at radius 1 is 0.857 bits per heavy atom. The Kier molecular flexibility index (Phi) is 3.90. The Morgan fingerprint density at radius 2 is 1.48 bits per heavy atom. The summed E-state index contributed by atoms with van der Waals surface area (Å²) >= 11 is 9.49. The summed E-state index contributed by atoms with van der Waals surface area (Å²) in [6.07, 6.45) is 0. The van der Waals surface area contributed by atoms with Gasteiger partial charge in [0.2, 0.25) is 5.95 Å². The molecule has 0 spiro atoms. The van der Waals surface area contributed by atoms with Gasteiger partial charge in [-0.25, -0.2) is 9.97 Å². The van der Waals surface area contributed by atoms with Crippen molar-refractivity contribution in [2.45, 2.75) is 0 Å². The first kappa shape index (κ1) is 14.0. The third kappa shape index (κ3) is 3.23. The Bertz CT molecular complexity index is 741. The van der Waals surface area contributed by atoms with Crippen molar-refractivity contribution in [3.8, 4) is 22.5 Å². The SMILES string of the molecule is Nc1nc(-c2cccc(Cl)c2)cc(-c2cccc(Br)c2)n1. The van der Waals surface area contributed by atoms with Gasteiger partial charge in [0.15, 0.2) is 0 Å². The average molecular weight is 361 g/mol. The second kappa shape index (κ2) is 5.84. The molecule has 0 saturated carbocycles. The molecule has 104 valence electrons. The minimum atomic E-state index is 0.238. The highest BCUT2D eigenvalue weighted by molar-refractivity contribution is 9.10. The van der Waals surface area contributed by atoms with Gasteiger partial charge in [0.25, 0.3) is 0 Å². The molecule has 2 aromatic carbocycles. The summed E-state index contributed by atoms with van der Waals surface area (Å²) < 4.78 is 0.987. The van der Waals surface area contributed by atoms with Gasteiger partial charge >= 0.3 is 0 Å². The lowest BCUT2D eigenvalue weighted by Gasteiger charge is -2.07. The van der Waals surface area contributed by atoms with Gasteiger partial charge in [-0.2, -0.15) is 0 Å². The van der Waals surface area contributed by atoms with Crippen LogP contribution in [0.2, 0.25) is 5.02 Å². The highest BCUT2D eigenvalue weighted by Gasteiger charge is 2.07. The van der Waals surface area contributed by atoms with Gasteiger partial charge in [0.05, 0.1) is 11.4 Å². The van der Waals surface area contributed by atoms with Gasteiger partial charge in [0, 0.05) is 20.6 Å². The van der Waals surface area contributed by atoms with Crippen LogP contribution in [0, 0.1) is 0 Å². The Morgan fingerprint density at radius 3 is 2.10 bits per heavy atom. The van der Waals surface area contributed by atoms with Gasteiger partial charge in [-0.15, -0.1) is 0 Å². The number of nitrogen functional groups attached to an aromatic ring is 1. The van der Waals surface area contributed by atoms with Crippen molar-refractivity contribution >= 4 is 33.5 Å². The maximum atomic E-state index is 6.03. The summed E-state index contributed by atoms with van der Waals surface area (Å²) in [7, 11) is 0. The largest absolute Gasteiger partial charge is 0.368 e. The van der Waals surface area contributed by atoms with Gasteiger partial charge in [-0.05, 0) is 30.3 Å². The van der Waals surface area contributed by atoms with E-state index in [0.717, 1.165) is 27.0 Å². The third-order valence-corrected chi connectivity index (χ3v) is 3.71. The van der Waals surface area contributed by atoms with E-state index in [4.69, 9.17) is 17.3 Å². The molecule has 0 bridgehead atoms. The molecule has 0 aliphatic rings. The fourth-order valence-electron chi connectivity index (χ4n) is 2.06. The van der Waals surface area contributed by atoms with Crippen LogP contribution in [-0.4, -0.2) is 9.97 Å². The Hall–Kier alpha value is -1.91. The first-order chi connectivity index (χ1) is 10.1. The third-order valence-electron chi connectivity index (χ3n) is 2.98. The van der Waals surface area contributed by atoms with Crippen molar-refractivity contribution < 1.29 is 0 Å². The van der Waals surface area contributed by atoms with Crippen LogP contribution in [0.3, 0.4) is 0 Å². The summed E-state index contributed by atoms with van der Waals surface area (Å²) in [4.78, 5) is 8.60. The molecule has 1 aromatic heterocycles. The average Bonchev–Trinajstić information content (AvgIpc) is 2.46. The summed E-state index contributed by atoms with van der Waals surface area (Å²) in [6.45, 7) is 0. The van der Waals surface area contributed by atoms with Crippen LogP contribution >= 0.6 is 27.5 Å². The molecule has 0 atom stereocenters. The van der Waals surface area contributed by atoms with Crippen molar-refractivity contribution in [3.63, 3.8) is 0 Å². The number of nitrogens with zero attached hydrogens (tertiary/aromatic N) is 2. The fraction of sp³-hybridized carbons (Fsp3) is 0. The second-order valence-corrected chi connectivity index (χ2v) is 5.87. The summed E-state index contributed by atoms with van der Waals surface area (Å²) in [5.41, 5.74) is 9.25. The van der Waals surface area contributed by atoms with E-state index >= 15 is 0 Å². The molecule has 5 heteroatoms. The summed E-state index contributed by atoms with van der Waals surface area (Å²) in [5, 5.41) is 0.661.